The first-order valence-electron chi connectivity index (χ1n) is 6.80. The Labute approximate surface area is 108 Å². The van der Waals surface area contributed by atoms with Gasteiger partial charge in [-0.25, -0.2) is 0 Å². The lowest BCUT2D eigenvalue weighted by Crippen LogP contribution is -2.36. The van der Waals surface area contributed by atoms with Gasteiger partial charge >= 0.3 is 0 Å². The van der Waals surface area contributed by atoms with Crippen LogP contribution in [-0.4, -0.2) is 10.6 Å². The second-order valence-corrected chi connectivity index (χ2v) is 6.52. The minimum atomic E-state index is -0.964. The Hall–Kier alpha value is -0.250. The zero-order valence-corrected chi connectivity index (χ0v) is 11.5. The third kappa shape index (κ3) is 4.16. The molecule has 2 aliphatic carbocycles. The van der Waals surface area contributed by atoms with Crippen LogP contribution in [0, 0.1) is 0 Å². The Morgan fingerprint density at radius 3 is 2.65 bits per heavy atom. The summed E-state index contributed by atoms with van der Waals surface area (Å²) in [6, 6.07) is 0.471. The maximum absolute atomic E-state index is 12.2. The van der Waals surface area contributed by atoms with Crippen LogP contribution in [0.4, 0.5) is 0 Å². The standard InChI is InChI=1S/C14H23NOS/c1-12-6-5-9-14(11-10-12)17(16)15-13-7-3-2-4-8-13/h10-11,13,15H,2-9H2,1H3/t17-/m0/s1. The minimum Gasteiger partial charge on any atom is -0.593 e. The second-order valence-electron chi connectivity index (χ2n) is 5.22. The Kier molecular flexibility index (Phi) is 5.14. The van der Waals surface area contributed by atoms with Gasteiger partial charge in [0.25, 0.3) is 0 Å². The van der Waals surface area contributed by atoms with Gasteiger partial charge in [-0.3, -0.25) is 0 Å². The van der Waals surface area contributed by atoms with E-state index in [0.717, 1.165) is 24.2 Å². The molecule has 1 saturated carbocycles. The highest BCUT2D eigenvalue weighted by atomic mass is 32.2. The number of rotatable bonds is 3. The lowest BCUT2D eigenvalue weighted by Gasteiger charge is -2.24. The first-order chi connectivity index (χ1) is 8.25. The van der Waals surface area contributed by atoms with Crippen molar-refractivity contribution in [2.75, 3.05) is 0 Å². The summed E-state index contributed by atoms with van der Waals surface area (Å²) in [4.78, 5) is 1.08. The first kappa shape index (κ1) is 13.2. The van der Waals surface area contributed by atoms with E-state index in [9.17, 15) is 4.55 Å². The maximum Gasteiger partial charge on any atom is 0.151 e. The van der Waals surface area contributed by atoms with Gasteiger partial charge in [-0.15, -0.1) is 4.72 Å². The summed E-state index contributed by atoms with van der Waals surface area (Å²) in [7, 11) is 0. The predicted octanol–water partition coefficient (Wildman–Crippen LogP) is 3.59. The van der Waals surface area contributed by atoms with Gasteiger partial charge in [0.05, 0.1) is 17.4 Å². The van der Waals surface area contributed by atoms with E-state index in [1.165, 1.54) is 37.7 Å². The summed E-state index contributed by atoms with van der Waals surface area (Å²) in [5, 5.41) is 0. The van der Waals surface area contributed by atoms with Crippen molar-refractivity contribution in [1.82, 2.24) is 4.72 Å². The summed E-state index contributed by atoms with van der Waals surface area (Å²) in [6.45, 7) is 2.15. The number of allylic oxidation sites excluding steroid dienone is 4. The molecule has 0 saturated heterocycles. The van der Waals surface area contributed by atoms with Crippen LogP contribution >= 0.6 is 0 Å². The maximum atomic E-state index is 12.2. The van der Waals surface area contributed by atoms with Gasteiger partial charge in [0.1, 0.15) is 0 Å². The molecule has 2 nitrogen and oxygen atoms in total. The summed E-state index contributed by atoms with van der Waals surface area (Å²) in [5.74, 6) is 0. The summed E-state index contributed by atoms with van der Waals surface area (Å²) >= 11 is -0.964. The van der Waals surface area contributed by atoms with E-state index in [1.807, 2.05) is 0 Å². The first-order valence-corrected chi connectivity index (χ1v) is 7.95. The van der Waals surface area contributed by atoms with Crippen molar-refractivity contribution in [2.45, 2.75) is 64.3 Å². The highest BCUT2D eigenvalue weighted by Gasteiger charge is 2.22. The van der Waals surface area contributed by atoms with Gasteiger partial charge < -0.3 is 4.55 Å². The smallest absolute Gasteiger partial charge is 0.151 e. The monoisotopic (exact) mass is 253 g/mol. The second kappa shape index (κ2) is 6.62. The molecule has 0 aromatic carbocycles. The Bertz CT molecular complexity index is 305. The molecule has 1 atom stereocenters. The molecule has 0 aromatic rings. The Morgan fingerprint density at radius 1 is 1.12 bits per heavy atom. The van der Waals surface area contributed by atoms with Crippen molar-refractivity contribution >= 4 is 11.4 Å². The van der Waals surface area contributed by atoms with Crippen molar-refractivity contribution in [2.24, 2.45) is 0 Å². The van der Waals surface area contributed by atoms with Gasteiger partial charge in [0, 0.05) is 6.42 Å². The van der Waals surface area contributed by atoms with E-state index in [4.69, 9.17) is 0 Å². The predicted molar refractivity (Wildman–Crippen MR) is 73.8 cm³/mol. The van der Waals surface area contributed by atoms with E-state index in [-0.39, 0.29) is 0 Å². The zero-order chi connectivity index (χ0) is 12.1. The van der Waals surface area contributed by atoms with Crippen LogP contribution in [0.2, 0.25) is 0 Å². The SMILES string of the molecule is CC1=CC=C([S@+]([O-])NC2CCCCC2)CCC1. The molecule has 1 N–H and O–H groups in total. The van der Waals surface area contributed by atoms with Gasteiger partial charge in [-0.05, 0) is 38.7 Å². The highest BCUT2D eigenvalue weighted by molar-refractivity contribution is 7.93. The van der Waals surface area contributed by atoms with Crippen molar-refractivity contribution in [3.63, 3.8) is 0 Å². The van der Waals surface area contributed by atoms with E-state index >= 15 is 0 Å². The molecule has 0 radical (unpaired) electrons. The van der Waals surface area contributed by atoms with Gasteiger partial charge in [-0.1, -0.05) is 30.9 Å². The highest BCUT2D eigenvalue weighted by Crippen LogP contribution is 2.23. The number of hydrogen-bond donors (Lipinski definition) is 1. The number of nitrogens with one attached hydrogen (secondary N) is 1. The number of hydrogen-bond acceptors (Lipinski definition) is 2. The Balaban J connectivity index is 1.87. The third-order valence-electron chi connectivity index (χ3n) is 3.67. The van der Waals surface area contributed by atoms with Crippen molar-refractivity contribution in [3.8, 4) is 0 Å². The molecule has 2 rings (SSSR count). The fourth-order valence-electron chi connectivity index (χ4n) is 2.55. The largest absolute Gasteiger partial charge is 0.593 e. The molecule has 96 valence electrons. The molecular formula is C14H23NOS. The zero-order valence-electron chi connectivity index (χ0n) is 10.7. The van der Waals surface area contributed by atoms with Gasteiger partial charge in [-0.2, -0.15) is 0 Å². The molecule has 0 aliphatic heterocycles. The van der Waals surface area contributed by atoms with Crippen LogP contribution in [0.5, 0.6) is 0 Å². The minimum absolute atomic E-state index is 0.471. The van der Waals surface area contributed by atoms with E-state index in [2.05, 4.69) is 23.8 Å². The molecule has 0 amide bonds. The van der Waals surface area contributed by atoms with Crippen LogP contribution in [0.1, 0.15) is 58.3 Å². The van der Waals surface area contributed by atoms with Crippen LogP contribution in [0.15, 0.2) is 22.6 Å². The molecule has 0 spiro atoms. The quantitative estimate of drug-likeness (QED) is 0.780. The summed E-state index contributed by atoms with van der Waals surface area (Å²) < 4.78 is 15.5. The molecule has 0 bridgehead atoms. The molecule has 0 unspecified atom stereocenters. The Morgan fingerprint density at radius 2 is 1.88 bits per heavy atom. The van der Waals surface area contributed by atoms with Gasteiger partial charge in [0.2, 0.25) is 0 Å². The fraction of sp³-hybridized carbons (Fsp3) is 0.714. The van der Waals surface area contributed by atoms with E-state index in [0.29, 0.717) is 6.04 Å². The normalized spacial score (nSPS) is 24.8. The van der Waals surface area contributed by atoms with Crippen molar-refractivity contribution < 1.29 is 4.55 Å². The summed E-state index contributed by atoms with van der Waals surface area (Å²) in [6.07, 6.45) is 13.7. The molecule has 1 fully saturated rings. The molecule has 0 heterocycles. The van der Waals surface area contributed by atoms with Crippen LogP contribution in [0.3, 0.4) is 0 Å². The molecule has 2 aliphatic rings. The fourth-order valence-corrected chi connectivity index (χ4v) is 3.76. The molecular weight excluding hydrogens is 230 g/mol. The van der Waals surface area contributed by atoms with Crippen LogP contribution in [0.25, 0.3) is 0 Å². The van der Waals surface area contributed by atoms with E-state index < -0.39 is 11.4 Å². The van der Waals surface area contributed by atoms with E-state index in [1.54, 1.807) is 0 Å². The molecule has 3 heteroatoms. The average Bonchev–Trinajstić information content (AvgIpc) is 2.55. The lowest BCUT2D eigenvalue weighted by molar-refractivity contribution is 0.413. The molecule has 0 aromatic heterocycles. The van der Waals surface area contributed by atoms with Crippen molar-refractivity contribution in [3.05, 3.63) is 22.6 Å². The van der Waals surface area contributed by atoms with Crippen LogP contribution < -0.4 is 4.72 Å². The van der Waals surface area contributed by atoms with Crippen molar-refractivity contribution in [1.29, 1.82) is 0 Å². The van der Waals surface area contributed by atoms with Crippen LogP contribution in [-0.2, 0) is 11.4 Å². The molecule has 17 heavy (non-hydrogen) atoms. The summed E-state index contributed by atoms with van der Waals surface area (Å²) in [5.41, 5.74) is 1.40. The van der Waals surface area contributed by atoms with Gasteiger partial charge in [0.15, 0.2) is 4.91 Å². The lowest BCUT2D eigenvalue weighted by atomic mass is 9.96. The topological polar surface area (TPSA) is 35.1 Å². The third-order valence-corrected chi connectivity index (χ3v) is 5.03. The average molecular weight is 253 g/mol.